The Morgan fingerprint density at radius 2 is 0.917 bits per heavy atom. The van der Waals surface area contributed by atoms with Crippen molar-refractivity contribution in [2.75, 3.05) is 0 Å². The molecule has 0 saturated heterocycles. The highest BCUT2D eigenvalue weighted by Crippen LogP contribution is 2.38. The minimum Gasteiger partial charge on any atom is -0.505 e. The predicted octanol–water partition coefficient (Wildman–Crippen LogP) is 5.82. The summed E-state index contributed by atoms with van der Waals surface area (Å²) in [6.07, 6.45) is 0. The number of fused-ring (bicyclic) bond motifs is 2. The zero-order valence-corrected chi connectivity index (χ0v) is 12.7. The van der Waals surface area contributed by atoms with Crippen LogP contribution in [0.2, 0.25) is 0 Å². The molecule has 4 heteroatoms. The van der Waals surface area contributed by atoms with Gasteiger partial charge in [0.2, 0.25) is 0 Å². The molecule has 0 aliphatic rings. The largest absolute Gasteiger partial charge is 0.505 e. The highest BCUT2D eigenvalue weighted by atomic mass is 16.3. The van der Waals surface area contributed by atoms with Crippen LogP contribution in [-0.4, -0.2) is 10.2 Å². The van der Waals surface area contributed by atoms with E-state index in [1.807, 2.05) is 60.7 Å². The van der Waals surface area contributed by atoms with Gasteiger partial charge in [0.05, 0.1) is 0 Å². The van der Waals surface area contributed by atoms with Crippen LogP contribution in [0.15, 0.2) is 83.0 Å². The molecule has 0 spiro atoms. The molecule has 0 heterocycles. The Labute approximate surface area is 138 Å². The lowest BCUT2D eigenvalue weighted by molar-refractivity contribution is 0.480. The van der Waals surface area contributed by atoms with Crippen LogP contribution >= 0.6 is 0 Å². The molecule has 4 aromatic carbocycles. The van der Waals surface area contributed by atoms with Gasteiger partial charge in [-0.3, -0.25) is 0 Å². The molecule has 4 nitrogen and oxygen atoms in total. The zero-order chi connectivity index (χ0) is 16.5. The van der Waals surface area contributed by atoms with Crippen molar-refractivity contribution in [1.29, 1.82) is 0 Å². The Kier molecular flexibility index (Phi) is 3.35. The van der Waals surface area contributed by atoms with E-state index >= 15 is 0 Å². The van der Waals surface area contributed by atoms with Gasteiger partial charge in [0.15, 0.2) is 11.5 Å². The molecule has 0 saturated carbocycles. The summed E-state index contributed by atoms with van der Waals surface area (Å²) in [6, 6.07) is 22.2. The van der Waals surface area contributed by atoms with Crippen molar-refractivity contribution < 1.29 is 10.2 Å². The van der Waals surface area contributed by atoms with Crippen LogP contribution in [0.3, 0.4) is 0 Å². The average Bonchev–Trinajstić information content (AvgIpc) is 2.63. The molecule has 116 valence electrons. The summed E-state index contributed by atoms with van der Waals surface area (Å²) < 4.78 is 0. The molecule has 0 fully saturated rings. The third kappa shape index (κ3) is 2.34. The lowest BCUT2D eigenvalue weighted by Gasteiger charge is -2.05. The Morgan fingerprint density at radius 1 is 0.500 bits per heavy atom. The summed E-state index contributed by atoms with van der Waals surface area (Å²) in [7, 11) is 0. The Hall–Kier alpha value is -3.40. The molecular weight excluding hydrogens is 300 g/mol. The molecule has 4 aromatic rings. The lowest BCUT2D eigenvalue weighted by Crippen LogP contribution is -1.76. The van der Waals surface area contributed by atoms with Gasteiger partial charge in [-0.15, -0.1) is 10.2 Å². The molecule has 0 aliphatic heterocycles. The minimum atomic E-state index is 0.0807. The zero-order valence-electron chi connectivity index (χ0n) is 12.7. The second-order valence-electron chi connectivity index (χ2n) is 5.51. The minimum absolute atomic E-state index is 0.0807. The van der Waals surface area contributed by atoms with Gasteiger partial charge in [0.1, 0.15) is 11.4 Å². The summed E-state index contributed by atoms with van der Waals surface area (Å²) in [5.41, 5.74) is 0.725. The van der Waals surface area contributed by atoms with E-state index < -0.39 is 0 Å². The number of benzene rings is 4. The number of nitrogens with zero attached hydrogens (tertiary/aromatic N) is 2. The van der Waals surface area contributed by atoms with Crippen molar-refractivity contribution in [2.45, 2.75) is 0 Å². The summed E-state index contributed by atoms with van der Waals surface area (Å²) in [4.78, 5) is 0. The van der Waals surface area contributed by atoms with E-state index in [9.17, 15) is 10.2 Å². The van der Waals surface area contributed by atoms with Gasteiger partial charge < -0.3 is 10.2 Å². The Bertz CT molecular complexity index is 1000. The van der Waals surface area contributed by atoms with Crippen molar-refractivity contribution in [3.8, 4) is 11.5 Å². The molecule has 4 rings (SSSR count). The van der Waals surface area contributed by atoms with Gasteiger partial charge in [-0.05, 0) is 22.9 Å². The van der Waals surface area contributed by atoms with E-state index in [0.717, 1.165) is 21.5 Å². The van der Waals surface area contributed by atoms with Crippen LogP contribution < -0.4 is 0 Å². The summed E-state index contributed by atoms with van der Waals surface area (Å²) in [5.74, 6) is 0.161. The standard InChI is InChI=1S/C20H14N2O2/c23-19-15-7-3-1-5-13(15)9-11-17(19)21-22-18-12-10-14-6-2-4-8-16(14)20(18)24/h1-12,23-24H. The second-order valence-corrected chi connectivity index (χ2v) is 5.51. The maximum atomic E-state index is 10.4. The molecule has 0 atom stereocenters. The molecule has 0 unspecified atom stereocenters. The summed E-state index contributed by atoms with van der Waals surface area (Å²) in [5, 5.41) is 32.2. The highest BCUT2D eigenvalue weighted by molar-refractivity contribution is 5.93. The van der Waals surface area contributed by atoms with Crippen molar-refractivity contribution in [2.24, 2.45) is 10.2 Å². The van der Waals surface area contributed by atoms with E-state index in [1.54, 1.807) is 12.1 Å². The monoisotopic (exact) mass is 314 g/mol. The van der Waals surface area contributed by atoms with Crippen molar-refractivity contribution in [3.05, 3.63) is 72.8 Å². The van der Waals surface area contributed by atoms with E-state index in [1.165, 1.54) is 0 Å². The summed E-state index contributed by atoms with van der Waals surface area (Å²) in [6.45, 7) is 0. The fourth-order valence-corrected chi connectivity index (χ4v) is 2.76. The van der Waals surface area contributed by atoms with Gasteiger partial charge in [0, 0.05) is 10.8 Å². The SMILES string of the molecule is Oc1c(N=Nc2ccc3ccccc3c2O)ccc2ccccc12. The first-order valence-corrected chi connectivity index (χ1v) is 7.57. The van der Waals surface area contributed by atoms with Crippen LogP contribution in [-0.2, 0) is 0 Å². The van der Waals surface area contributed by atoms with Crippen molar-refractivity contribution >= 4 is 32.9 Å². The molecule has 0 aliphatic carbocycles. The number of phenolic OH excluding ortho intramolecular Hbond substituents is 2. The number of azo groups is 1. The van der Waals surface area contributed by atoms with Crippen LogP contribution in [0.1, 0.15) is 0 Å². The van der Waals surface area contributed by atoms with Crippen LogP contribution in [0.4, 0.5) is 11.4 Å². The van der Waals surface area contributed by atoms with E-state index in [0.29, 0.717) is 11.4 Å². The number of rotatable bonds is 2. The number of aromatic hydroxyl groups is 2. The fourth-order valence-electron chi connectivity index (χ4n) is 2.76. The van der Waals surface area contributed by atoms with Gasteiger partial charge in [-0.1, -0.05) is 60.7 Å². The maximum Gasteiger partial charge on any atom is 0.150 e. The molecule has 0 amide bonds. The van der Waals surface area contributed by atoms with Gasteiger partial charge in [-0.2, -0.15) is 0 Å². The third-order valence-corrected chi connectivity index (χ3v) is 4.02. The Balaban J connectivity index is 1.78. The van der Waals surface area contributed by atoms with Gasteiger partial charge >= 0.3 is 0 Å². The number of hydrogen-bond donors (Lipinski definition) is 2. The van der Waals surface area contributed by atoms with E-state index in [2.05, 4.69) is 10.2 Å². The topological polar surface area (TPSA) is 65.2 Å². The van der Waals surface area contributed by atoms with E-state index in [-0.39, 0.29) is 11.5 Å². The third-order valence-electron chi connectivity index (χ3n) is 4.02. The van der Waals surface area contributed by atoms with Crippen LogP contribution in [0.25, 0.3) is 21.5 Å². The highest BCUT2D eigenvalue weighted by Gasteiger charge is 2.07. The predicted molar refractivity (Wildman–Crippen MR) is 95.4 cm³/mol. The molecule has 24 heavy (non-hydrogen) atoms. The van der Waals surface area contributed by atoms with Gasteiger partial charge in [0.25, 0.3) is 0 Å². The number of phenols is 2. The molecule has 0 aromatic heterocycles. The second kappa shape index (κ2) is 5.66. The molecule has 0 radical (unpaired) electrons. The first-order valence-electron chi connectivity index (χ1n) is 7.57. The van der Waals surface area contributed by atoms with E-state index in [4.69, 9.17) is 0 Å². The summed E-state index contributed by atoms with van der Waals surface area (Å²) >= 11 is 0. The number of hydrogen-bond acceptors (Lipinski definition) is 4. The molecule has 0 bridgehead atoms. The van der Waals surface area contributed by atoms with Crippen LogP contribution in [0.5, 0.6) is 11.5 Å². The first-order chi connectivity index (χ1) is 11.7. The van der Waals surface area contributed by atoms with Gasteiger partial charge in [-0.25, -0.2) is 0 Å². The lowest BCUT2D eigenvalue weighted by atomic mass is 10.1. The van der Waals surface area contributed by atoms with Crippen molar-refractivity contribution in [3.63, 3.8) is 0 Å². The molecular formula is C20H14N2O2. The average molecular weight is 314 g/mol. The normalized spacial score (nSPS) is 11.5. The Morgan fingerprint density at radius 3 is 1.38 bits per heavy atom. The quantitative estimate of drug-likeness (QED) is 0.458. The first kappa shape index (κ1) is 14.2. The maximum absolute atomic E-state index is 10.4. The van der Waals surface area contributed by atoms with Crippen LogP contribution in [0, 0.1) is 0 Å². The fraction of sp³-hybridized carbons (Fsp3) is 0. The smallest absolute Gasteiger partial charge is 0.150 e. The van der Waals surface area contributed by atoms with Crippen molar-refractivity contribution in [1.82, 2.24) is 0 Å². The molecule has 2 N–H and O–H groups in total.